The number of ether oxygens (including phenoxy) is 2. The van der Waals surface area contributed by atoms with E-state index < -0.39 is 0 Å². The van der Waals surface area contributed by atoms with E-state index in [0.717, 1.165) is 56.2 Å². The SMILES string of the molecule is CC.CCl.Cc1ncc(-n2ccc3cc(N4CCOc5ncnc(Cl)c5C4=O)ccc32)cn1.Cc1ncc(-n2ccc3cc(N4CCOc5ncnc(N)c5C4=O)ccc32)cn1. The molecule has 6 aromatic heterocycles. The molecule has 0 unspecified atom stereocenters. The first-order valence-corrected chi connectivity index (χ1v) is 20.6. The van der Waals surface area contributed by atoms with E-state index in [9.17, 15) is 9.59 Å². The molecule has 62 heavy (non-hydrogen) atoms. The third-order valence-corrected chi connectivity index (χ3v) is 9.98. The average Bonchev–Trinajstić information content (AvgIpc) is 3.82. The molecular weight excluding hydrogens is 833 g/mol. The number of aryl methyl sites for hydroxylation is 2. The highest BCUT2D eigenvalue weighted by Gasteiger charge is 2.30. The summed E-state index contributed by atoms with van der Waals surface area (Å²) < 4.78 is 15.2. The first kappa shape index (κ1) is 42.9. The van der Waals surface area contributed by atoms with Gasteiger partial charge in [0, 0.05) is 40.9 Å². The molecule has 2 N–H and O–H groups in total. The summed E-state index contributed by atoms with van der Waals surface area (Å²) in [6, 6.07) is 15.6. The van der Waals surface area contributed by atoms with Crippen molar-refractivity contribution in [2.45, 2.75) is 27.7 Å². The fraction of sp³-hybridized carbons (Fsp3) is 0.209. The standard InChI is InChI=1S/C20H15ClN6O2.C20H17N7O2.C2H6.CH3Cl/c2*1-12-22-9-15(10-23-12)26-5-4-13-8-14(2-3-16(13)26)27-6-7-29-19-17(20(27)28)18(21)24-11-25-19;2*1-2/h2-5,8-11H,6-7H2,1H3;2-5,8-11H,6-7H2,1H3,(H2,21,24,25);1-2H3;1H3. The maximum Gasteiger partial charge on any atom is 0.267 e. The summed E-state index contributed by atoms with van der Waals surface area (Å²) in [7, 11) is 0. The zero-order valence-electron chi connectivity index (χ0n) is 34.4. The number of rotatable bonds is 4. The quantitative estimate of drug-likeness (QED) is 0.137. The lowest BCUT2D eigenvalue weighted by Crippen LogP contribution is -2.32. The highest BCUT2D eigenvalue weighted by molar-refractivity contribution is 6.33. The van der Waals surface area contributed by atoms with Crippen LogP contribution in [0.25, 0.3) is 33.2 Å². The normalized spacial score (nSPS) is 13.1. The molecule has 316 valence electrons. The Kier molecular flexibility index (Phi) is 13.1. The highest BCUT2D eigenvalue weighted by Crippen LogP contribution is 2.32. The van der Waals surface area contributed by atoms with Gasteiger partial charge in [0.25, 0.3) is 11.8 Å². The lowest BCUT2D eigenvalue weighted by Gasteiger charge is -2.20. The second kappa shape index (κ2) is 19.0. The second-order valence-corrected chi connectivity index (χ2v) is 13.6. The zero-order valence-corrected chi connectivity index (χ0v) is 35.9. The largest absolute Gasteiger partial charge is 0.475 e. The number of anilines is 3. The van der Waals surface area contributed by atoms with Gasteiger partial charge in [-0.05, 0) is 62.4 Å². The maximum atomic E-state index is 13.1. The Hall–Kier alpha value is -7.24. The first-order chi connectivity index (χ1) is 30.2. The number of hydrogen-bond donors (Lipinski definition) is 1. The number of nitrogens with two attached hydrogens (primary N) is 1. The van der Waals surface area contributed by atoms with Gasteiger partial charge >= 0.3 is 0 Å². The van der Waals surface area contributed by atoms with Crippen molar-refractivity contribution in [2.24, 2.45) is 0 Å². The lowest BCUT2D eigenvalue weighted by atomic mass is 10.2. The number of benzene rings is 2. The molecule has 0 fully saturated rings. The first-order valence-electron chi connectivity index (χ1n) is 19.4. The Bertz CT molecular complexity index is 2670. The number of hydrogen-bond acceptors (Lipinski definition) is 13. The maximum absolute atomic E-state index is 13.1. The number of carbonyl (C=O) groups excluding carboxylic acids is 2. The van der Waals surface area contributed by atoms with Gasteiger partial charge in [-0.25, -0.2) is 39.9 Å². The number of aromatic nitrogens is 10. The molecule has 0 saturated carbocycles. The Labute approximate surface area is 366 Å². The number of carbonyl (C=O) groups is 2. The van der Waals surface area contributed by atoms with Crippen LogP contribution in [0.1, 0.15) is 46.2 Å². The molecule has 2 amide bonds. The predicted molar refractivity (Wildman–Crippen MR) is 238 cm³/mol. The van der Waals surface area contributed by atoms with E-state index in [2.05, 4.69) is 51.5 Å². The van der Waals surface area contributed by atoms with E-state index in [-0.39, 0.29) is 45.7 Å². The predicted octanol–water partition coefficient (Wildman–Crippen LogP) is 7.23. The van der Waals surface area contributed by atoms with Gasteiger partial charge in [0.2, 0.25) is 11.8 Å². The van der Waals surface area contributed by atoms with Gasteiger partial charge in [0.05, 0.1) is 60.3 Å². The molecule has 8 heterocycles. The molecule has 0 atom stereocenters. The van der Waals surface area contributed by atoms with Crippen LogP contribution in [0.3, 0.4) is 0 Å². The summed E-state index contributed by atoms with van der Waals surface area (Å²) in [5.41, 5.74) is 11.5. The van der Waals surface area contributed by atoms with Gasteiger partial charge in [-0.3, -0.25) is 9.59 Å². The van der Waals surface area contributed by atoms with Crippen molar-refractivity contribution in [3.05, 3.63) is 126 Å². The van der Waals surface area contributed by atoms with Crippen LogP contribution in [0.2, 0.25) is 5.15 Å². The van der Waals surface area contributed by atoms with Crippen LogP contribution >= 0.6 is 23.2 Å². The highest BCUT2D eigenvalue weighted by atomic mass is 35.5. The van der Waals surface area contributed by atoms with E-state index >= 15 is 0 Å². The minimum absolute atomic E-state index is 0.0819. The lowest BCUT2D eigenvalue weighted by molar-refractivity contribution is 0.0982. The van der Waals surface area contributed by atoms with Crippen LogP contribution in [-0.2, 0) is 0 Å². The molecule has 10 rings (SSSR count). The van der Waals surface area contributed by atoms with E-state index in [1.54, 1.807) is 34.6 Å². The number of alkyl halides is 1. The molecule has 0 radical (unpaired) electrons. The van der Waals surface area contributed by atoms with Crippen LogP contribution in [0.15, 0.2) is 98.4 Å². The van der Waals surface area contributed by atoms with Crippen molar-refractivity contribution in [3.63, 3.8) is 0 Å². The van der Waals surface area contributed by atoms with E-state index in [1.165, 1.54) is 19.0 Å². The molecule has 2 aromatic carbocycles. The van der Waals surface area contributed by atoms with E-state index in [1.807, 2.05) is 97.8 Å². The van der Waals surface area contributed by atoms with Crippen molar-refractivity contribution in [3.8, 4) is 23.1 Å². The molecule has 0 bridgehead atoms. The van der Waals surface area contributed by atoms with Gasteiger partial charge in [-0.2, -0.15) is 0 Å². The Morgan fingerprint density at radius 1 is 0.581 bits per heavy atom. The van der Waals surface area contributed by atoms with Gasteiger partial charge in [0.15, 0.2) is 0 Å². The molecule has 0 spiro atoms. The van der Waals surface area contributed by atoms with Crippen LogP contribution in [0.5, 0.6) is 11.8 Å². The molecule has 0 aliphatic carbocycles. The summed E-state index contributed by atoms with van der Waals surface area (Å²) in [6.07, 6.45) is 15.1. The van der Waals surface area contributed by atoms with Crippen molar-refractivity contribution in [2.75, 3.05) is 48.2 Å². The number of fused-ring (bicyclic) bond motifs is 4. The van der Waals surface area contributed by atoms with Gasteiger partial charge < -0.3 is 34.1 Å². The van der Waals surface area contributed by atoms with Crippen LogP contribution < -0.4 is 25.0 Å². The van der Waals surface area contributed by atoms with E-state index in [0.29, 0.717) is 26.3 Å². The van der Waals surface area contributed by atoms with Crippen molar-refractivity contribution in [1.82, 2.24) is 49.0 Å². The minimum atomic E-state index is -0.284. The van der Waals surface area contributed by atoms with Crippen LogP contribution in [0, 0.1) is 13.8 Å². The Balaban J connectivity index is 0.000000173. The number of amides is 2. The van der Waals surface area contributed by atoms with Crippen LogP contribution in [0.4, 0.5) is 17.2 Å². The molecule has 17 nitrogen and oxygen atoms in total. The van der Waals surface area contributed by atoms with Crippen molar-refractivity contribution >= 4 is 74.0 Å². The van der Waals surface area contributed by atoms with Crippen LogP contribution in [-0.4, -0.2) is 93.5 Å². The fourth-order valence-electron chi connectivity index (χ4n) is 6.83. The molecule has 19 heteroatoms. The fourth-order valence-corrected chi connectivity index (χ4v) is 7.04. The van der Waals surface area contributed by atoms with Crippen molar-refractivity contribution in [1.29, 1.82) is 0 Å². The summed E-state index contributed by atoms with van der Waals surface area (Å²) >= 11 is 10.8. The van der Waals surface area contributed by atoms with Crippen molar-refractivity contribution < 1.29 is 19.1 Å². The number of nitrogen functional groups attached to an aromatic ring is 1. The molecule has 0 saturated heterocycles. The Morgan fingerprint density at radius 3 is 1.50 bits per heavy atom. The third-order valence-electron chi connectivity index (χ3n) is 9.70. The zero-order chi connectivity index (χ0) is 43.9. The summed E-state index contributed by atoms with van der Waals surface area (Å²) in [6.45, 7) is 9.08. The smallest absolute Gasteiger partial charge is 0.267 e. The minimum Gasteiger partial charge on any atom is -0.475 e. The number of nitrogens with zero attached hydrogens (tertiary/aromatic N) is 12. The Morgan fingerprint density at radius 2 is 1.02 bits per heavy atom. The monoisotopic (exact) mass is 873 g/mol. The molecule has 2 aliphatic heterocycles. The molecule has 8 aromatic rings. The molecule has 2 aliphatic rings. The third kappa shape index (κ3) is 8.53. The molecular formula is C43H41Cl2N13O4. The van der Waals surface area contributed by atoms with E-state index in [4.69, 9.17) is 26.8 Å². The van der Waals surface area contributed by atoms with Gasteiger partial charge in [-0.15, -0.1) is 11.6 Å². The number of halogens is 2. The summed E-state index contributed by atoms with van der Waals surface area (Å²) in [5, 5.41) is 2.05. The van der Waals surface area contributed by atoms with Gasteiger partial charge in [0.1, 0.15) is 59.6 Å². The topological polar surface area (TPSA) is 198 Å². The summed E-state index contributed by atoms with van der Waals surface area (Å²) in [4.78, 5) is 62.5. The summed E-state index contributed by atoms with van der Waals surface area (Å²) in [5.74, 6) is 1.42. The van der Waals surface area contributed by atoms with Gasteiger partial charge in [-0.1, -0.05) is 25.4 Å². The second-order valence-electron chi connectivity index (χ2n) is 13.2. The average molecular weight is 875 g/mol.